The van der Waals surface area contributed by atoms with Crippen molar-refractivity contribution in [3.8, 4) is 0 Å². The molecule has 0 aliphatic rings. The maximum absolute atomic E-state index is 13.1. The smallest absolute Gasteiger partial charge is 0.324 e. The van der Waals surface area contributed by atoms with E-state index in [1.54, 1.807) is 18.2 Å². The second-order valence-electron chi connectivity index (χ2n) is 7.36. The van der Waals surface area contributed by atoms with Gasteiger partial charge in [0.2, 0.25) is 11.9 Å². The number of nitrogens with one attached hydrogen (secondary N) is 3. The van der Waals surface area contributed by atoms with Crippen molar-refractivity contribution in [2.45, 2.75) is 20.0 Å². The van der Waals surface area contributed by atoms with Crippen LogP contribution in [-0.2, 0) is 11.0 Å². The number of amides is 2. The van der Waals surface area contributed by atoms with E-state index in [0.717, 1.165) is 17.7 Å². The van der Waals surface area contributed by atoms with Crippen molar-refractivity contribution < 1.29 is 22.8 Å². The Morgan fingerprint density at radius 2 is 1.86 bits per heavy atom. The van der Waals surface area contributed by atoms with E-state index in [9.17, 15) is 22.8 Å². The van der Waals surface area contributed by atoms with E-state index in [0.29, 0.717) is 26.9 Å². The van der Waals surface area contributed by atoms with E-state index in [1.807, 2.05) is 6.92 Å². The van der Waals surface area contributed by atoms with Crippen LogP contribution in [0.3, 0.4) is 0 Å². The molecule has 180 valence electrons. The van der Waals surface area contributed by atoms with Gasteiger partial charge in [-0.3, -0.25) is 9.59 Å². The highest BCUT2D eigenvalue weighted by Gasteiger charge is 2.34. The lowest BCUT2D eigenvalue weighted by atomic mass is 10.1. The summed E-state index contributed by atoms with van der Waals surface area (Å²) in [4.78, 5) is 37.3. The Morgan fingerprint density at radius 3 is 2.57 bits per heavy atom. The molecule has 13 heteroatoms. The first-order valence-electron chi connectivity index (χ1n) is 9.97. The molecule has 0 bridgehead atoms. The van der Waals surface area contributed by atoms with Gasteiger partial charge in [-0.2, -0.15) is 18.2 Å². The van der Waals surface area contributed by atoms with E-state index in [4.69, 9.17) is 11.6 Å². The zero-order valence-corrected chi connectivity index (χ0v) is 19.7. The highest BCUT2D eigenvalue weighted by Crippen LogP contribution is 2.36. The van der Waals surface area contributed by atoms with Crippen molar-refractivity contribution in [1.29, 1.82) is 0 Å². The Labute approximate surface area is 205 Å². The van der Waals surface area contributed by atoms with Crippen molar-refractivity contribution in [2.24, 2.45) is 0 Å². The molecule has 0 radical (unpaired) electrons. The largest absolute Gasteiger partial charge is 0.417 e. The first kappa shape index (κ1) is 24.4. The van der Waals surface area contributed by atoms with Crippen LogP contribution in [0.1, 0.15) is 28.4 Å². The van der Waals surface area contributed by atoms with Gasteiger partial charge in [-0.1, -0.05) is 35.1 Å². The van der Waals surface area contributed by atoms with Crippen LogP contribution in [0.2, 0.25) is 5.02 Å². The third kappa shape index (κ3) is 5.49. The molecule has 3 N–H and O–H groups in total. The quantitative estimate of drug-likeness (QED) is 0.297. The SMILES string of the molecule is CC(=O)Nc1nc2cnc(Nc3cc(NC(=O)c4cccc(C(F)(F)F)c4Cl)ccc3C)nc2s1. The zero-order chi connectivity index (χ0) is 25.3. The molecule has 0 unspecified atom stereocenters. The van der Waals surface area contributed by atoms with Gasteiger partial charge in [0.1, 0.15) is 5.52 Å². The van der Waals surface area contributed by atoms with Crippen molar-refractivity contribution in [3.63, 3.8) is 0 Å². The van der Waals surface area contributed by atoms with Crippen LogP contribution in [-0.4, -0.2) is 26.8 Å². The van der Waals surface area contributed by atoms with Crippen LogP contribution >= 0.6 is 22.9 Å². The van der Waals surface area contributed by atoms with Gasteiger partial charge < -0.3 is 16.0 Å². The lowest BCUT2D eigenvalue weighted by Gasteiger charge is -2.14. The number of carbonyl (C=O) groups is 2. The number of aromatic nitrogens is 3. The highest BCUT2D eigenvalue weighted by atomic mass is 35.5. The van der Waals surface area contributed by atoms with E-state index in [1.165, 1.54) is 30.5 Å². The number of fused-ring (bicyclic) bond motifs is 1. The first-order valence-corrected chi connectivity index (χ1v) is 11.2. The minimum absolute atomic E-state index is 0.253. The molecule has 0 aliphatic carbocycles. The third-order valence-electron chi connectivity index (χ3n) is 4.72. The first-order chi connectivity index (χ1) is 16.5. The number of halogens is 4. The van der Waals surface area contributed by atoms with Gasteiger partial charge in [0.25, 0.3) is 5.91 Å². The van der Waals surface area contributed by atoms with E-state index in [2.05, 4.69) is 30.9 Å². The zero-order valence-electron chi connectivity index (χ0n) is 18.1. The van der Waals surface area contributed by atoms with Crippen molar-refractivity contribution in [1.82, 2.24) is 15.0 Å². The molecule has 4 rings (SSSR count). The number of rotatable bonds is 5. The predicted octanol–water partition coefficient (Wildman–Crippen LogP) is 6.02. The maximum atomic E-state index is 13.1. The third-order valence-corrected chi connectivity index (χ3v) is 6.01. The number of hydrogen-bond donors (Lipinski definition) is 3. The highest BCUT2D eigenvalue weighted by molar-refractivity contribution is 7.21. The summed E-state index contributed by atoms with van der Waals surface area (Å²) in [7, 11) is 0. The molecule has 0 saturated heterocycles. The monoisotopic (exact) mass is 520 g/mol. The summed E-state index contributed by atoms with van der Waals surface area (Å²) in [5, 5.41) is 7.93. The summed E-state index contributed by atoms with van der Waals surface area (Å²) in [6.45, 7) is 3.19. The minimum Gasteiger partial charge on any atom is -0.324 e. The molecule has 8 nitrogen and oxygen atoms in total. The van der Waals surface area contributed by atoms with Gasteiger partial charge in [0.05, 0.1) is 22.3 Å². The molecule has 4 aromatic rings. The van der Waals surface area contributed by atoms with E-state index >= 15 is 0 Å². The number of nitrogens with zero attached hydrogens (tertiary/aromatic N) is 3. The Bertz CT molecular complexity index is 1460. The Morgan fingerprint density at radius 1 is 1.09 bits per heavy atom. The van der Waals surface area contributed by atoms with Crippen LogP contribution in [0.25, 0.3) is 10.3 Å². The number of thiazole rings is 1. The lowest BCUT2D eigenvalue weighted by molar-refractivity contribution is -0.137. The van der Waals surface area contributed by atoms with E-state index < -0.39 is 22.7 Å². The van der Waals surface area contributed by atoms with Gasteiger partial charge in [0, 0.05) is 18.3 Å². The van der Waals surface area contributed by atoms with Gasteiger partial charge in [-0.25, -0.2) is 9.97 Å². The fourth-order valence-corrected chi connectivity index (χ4v) is 4.26. The molecule has 2 heterocycles. The van der Waals surface area contributed by atoms with E-state index in [-0.39, 0.29) is 17.4 Å². The van der Waals surface area contributed by atoms with Crippen molar-refractivity contribution >= 4 is 67.6 Å². The topological polar surface area (TPSA) is 109 Å². The predicted molar refractivity (Wildman–Crippen MR) is 128 cm³/mol. The summed E-state index contributed by atoms with van der Waals surface area (Å²) in [5.41, 5.74) is 0.806. The molecule has 0 fully saturated rings. The maximum Gasteiger partial charge on any atom is 0.417 e. The fraction of sp³-hybridized carbons (Fsp3) is 0.136. The molecule has 0 saturated carbocycles. The summed E-state index contributed by atoms with van der Waals surface area (Å²) >= 11 is 7.04. The van der Waals surface area contributed by atoms with Crippen LogP contribution in [0, 0.1) is 6.92 Å². The number of anilines is 4. The molecule has 2 aromatic carbocycles. The summed E-state index contributed by atoms with van der Waals surface area (Å²) in [5.74, 6) is -0.789. The number of benzene rings is 2. The second kappa shape index (κ2) is 9.47. The molecule has 0 spiro atoms. The van der Waals surface area contributed by atoms with Crippen LogP contribution in [0.5, 0.6) is 0 Å². The average Bonchev–Trinajstić information content (AvgIpc) is 3.16. The Hall–Kier alpha value is -3.77. The number of aryl methyl sites for hydroxylation is 1. The van der Waals surface area contributed by atoms with Crippen LogP contribution in [0.4, 0.5) is 35.6 Å². The van der Waals surface area contributed by atoms with Gasteiger partial charge in [-0.15, -0.1) is 0 Å². The second-order valence-corrected chi connectivity index (χ2v) is 8.71. The Balaban J connectivity index is 1.56. The van der Waals surface area contributed by atoms with Gasteiger partial charge in [-0.05, 0) is 36.8 Å². The lowest BCUT2D eigenvalue weighted by Crippen LogP contribution is -2.15. The van der Waals surface area contributed by atoms with Crippen LogP contribution < -0.4 is 16.0 Å². The molecule has 2 amide bonds. The number of hydrogen-bond acceptors (Lipinski definition) is 7. The molecular formula is C22H16ClF3N6O2S. The van der Waals surface area contributed by atoms with Gasteiger partial charge >= 0.3 is 6.18 Å². The Kier molecular flexibility index (Phi) is 6.59. The minimum atomic E-state index is -4.68. The molecule has 0 aliphatic heterocycles. The number of carbonyl (C=O) groups excluding carboxylic acids is 2. The summed E-state index contributed by atoms with van der Waals surface area (Å²) < 4.78 is 39.4. The van der Waals surface area contributed by atoms with Crippen molar-refractivity contribution in [3.05, 3.63) is 64.3 Å². The normalized spacial score (nSPS) is 11.4. The molecular weight excluding hydrogens is 505 g/mol. The number of alkyl halides is 3. The fourth-order valence-electron chi connectivity index (χ4n) is 3.08. The molecule has 35 heavy (non-hydrogen) atoms. The van der Waals surface area contributed by atoms with Gasteiger partial charge in [0.15, 0.2) is 9.96 Å². The molecule has 0 atom stereocenters. The summed E-state index contributed by atoms with van der Waals surface area (Å²) in [6.07, 6.45) is -3.18. The van der Waals surface area contributed by atoms with Crippen LogP contribution in [0.15, 0.2) is 42.6 Å². The molecule has 2 aromatic heterocycles. The van der Waals surface area contributed by atoms with Crippen molar-refractivity contribution in [2.75, 3.05) is 16.0 Å². The summed E-state index contributed by atoms with van der Waals surface area (Å²) in [6, 6.07) is 8.06. The standard InChI is InChI=1S/C22H16ClF3N6O2S/c1-10-6-7-12(29-18(34)13-4-3-5-14(17(13)23)22(24,25)26)8-15(10)30-20-27-9-16-19(32-20)35-21(31-16)28-11(2)33/h3-9H,1-2H3,(H,29,34)(H,27,30,32)(H,28,31,33). The average molecular weight is 521 g/mol.